The highest BCUT2D eigenvalue weighted by atomic mass is 32.1. The van der Waals surface area contributed by atoms with Crippen LogP contribution in [0, 0.1) is 0 Å². The number of nitrogen functional groups attached to an aromatic ring is 1. The second-order valence-electron chi connectivity index (χ2n) is 4.44. The number of anilines is 1. The van der Waals surface area contributed by atoms with E-state index in [4.69, 9.17) is 10.5 Å². The maximum Gasteiger partial charge on any atom is 0.340 e. The van der Waals surface area contributed by atoms with Gasteiger partial charge in [0.05, 0.1) is 5.56 Å². The van der Waals surface area contributed by atoms with Crippen molar-refractivity contribution in [2.24, 2.45) is 0 Å². The fraction of sp³-hybridized carbons (Fsp3) is 0.0625. The number of esters is 1. The summed E-state index contributed by atoms with van der Waals surface area (Å²) in [5.74, 6) is -0.387. The van der Waals surface area contributed by atoms with Gasteiger partial charge in [-0.3, -0.25) is 0 Å². The van der Waals surface area contributed by atoms with Crippen molar-refractivity contribution in [3.05, 3.63) is 64.4 Å². The van der Waals surface area contributed by atoms with Gasteiger partial charge in [-0.2, -0.15) is 0 Å². The van der Waals surface area contributed by atoms with Gasteiger partial charge >= 0.3 is 5.97 Å². The van der Waals surface area contributed by atoms with Crippen LogP contribution >= 0.6 is 11.3 Å². The Bertz CT molecular complexity index is 750. The molecule has 0 saturated carbocycles. The van der Waals surface area contributed by atoms with Crippen LogP contribution in [0.3, 0.4) is 0 Å². The van der Waals surface area contributed by atoms with E-state index < -0.39 is 0 Å². The Labute approximate surface area is 120 Å². The Balaban J connectivity index is 1.85. The lowest BCUT2D eigenvalue weighted by Crippen LogP contribution is -2.08. The molecule has 0 spiro atoms. The number of carbonyl (C=O) groups is 1. The van der Waals surface area contributed by atoms with Gasteiger partial charge in [0, 0.05) is 10.6 Å². The number of benzene rings is 2. The summed E-state index contributed by atoms with van der Waals surface area (Å²) in [6.07, 6.45) is 0. The molecule has 0 bridgehead atoms. The molecule has 0 saturated heterocycles. The molecule has 0 aliphatic heterocycles. The largest absolute Gasteiger partial charge is 0.456 e. The van der Waals surface area contributed by atoms with Crippen LogP contribution in [-0.4, -0.2) is 5.97 Å². The Kier molecular flexibility index (Phi) is 3.39. The molecule has 0 atom stereocenters. The van der Waals surface area contributed by atoms with Gasteiger partial charge in [-0.15, -0.1) is 11.3 Å². The summed E-state index contributed by atoms with van der Waals surface area (Å²) in [5.41, 5.74) is 6.80. The van der Waals surface area contributed by atoms with Crippen molar-refractivity contribution in [1.82, 2.24) is 0 Å². The number of thiophene rings is 1. The third kappa shape index (κ3) is 2.51. The lowest BCUT2D eigenvalue weighted by molar-refractivity contribution is 0.0478. The first-order chi connectivity index (χ1) is 9.74. The molecule has 20 heavy (non-hydrogen) atoms. The minimum Gasteiger partial charge on any atom is -0.456 e. The molecular formula is C16H13NO2S. The quantitative estimate of drug-likeness (QED) is 0.587. The molecular weight excluding hydrogens is 270 g/mol. The van der Waals surface area contributed by atoms with E-state index in [2.05, 4.69) is 0 Å². The number of hydrogen-bond donors (Lipinski definition) is 1. The van der Waals surface area contributed by atoms with E-state index in [9.17, 15) is 4.79 Å². The van der Waals surface area contributed by atoms with Crippen molar-refractivity contribution >= 4 is 33.8 Å². The van der Waals surface area contributed by atoms with Gasteiger partial charge in [0.1, 0.15) is 6.61 Å². The summed E-state index contributed by atoms with van der Waals surface area (Å²) >= 11 is 1.56. The van der Waals surface area contributed by atoms with Gasteiger partial charge in [-0.05, 0) is 34.4 Å². The molecule has 0 fully saturated rings. The SMILES string of the molecule is Nc1cc2ccccc2cc1C(=O)OCc1cccs1. The number of rotatable bonds is 3. The summed E-state index contributed by atoms with van der Waals surface area (Å²) < 4.78 is 5.29. The van der Waals surface area contributed by atoms with E-state index >= 15 is 0 Å². The number of ether oxygens (including phenoxy) is 1. The minimum atomic E-state index is -0.387. The molecule has 0 aliphatic rings. The van der Waals surface area contributed by atoms with E-state index in [0.717, 1.165) is 15.6 Å². The zero-order valence-corrected chi connectivity index (χ0v) is 11.5. The maximum atomic E-state index is 12.1. The minimum absolute atomic E-state index is 0.281. The summed E-state index contributed by atoms with van der Waals surface area (Å²) in [6, 6.07) is 15.2. The van der Waals surface area contributed by atoms with Crippen molar-refractivity contribution < 1.29 is 9.53 Å². The summed E-state index contributed by atoms with van der Waals surface area (Å²) in [7, 11) is 0. The number of fused-ring (bicyclic) bond motifs is 1. The van der Waals surface area contributed by atoms with Crippen LogP contribution in [0.25, 0.3) is 10.8 Å². The second kappa shape index (κ2) is 5.35. The fourth-order valence-electron chi connectivity index (χ4n) is 2.04. The van der Waals surface area contributed by atoms with Crippen LogP contribution in [0.15, 0.2) is 53.9 Å². The van der Waals surface area contributed by atoms with Gasteiger partial charge in [0.2, 0.25) is 0 Å². The average molecular weight is 283 g/mol. The molecule has 3 aromatic rings. The van der Waals surface area contributed by atoms with Crippen LogP contribution in [0.5, 0.6) is 0 Å². The summed E-state index contributed by atoms with van der Waals surface area (Å²) in [5, 5.41) is 3.94. The molecule has 100 valence electrons. The van der Waals surface area contributed by atoms with Crippen LogP contribution < -0.4 is 5.73 Å². The highest BCUT2D eigenvalue weighted by molar-refractivity contribution is 7.09. The first kappa shape index (κ1) is 12.7. The van der Waals surface area contributed by atoms with Crippen LogP contribution in [0.4, 0.5) is 5.69 Å². The van der Waals surface area contributed by atoms with Gasteiger partial charge in [0.25, 0.3) is 0 Å². The predicted molar refractivity (Wildman–Crippen MR) is 81.8 cm³/mol. The predicted octanol–water partition coefficient (Wildman–Crippen LogP) is 3.84. The van der Waals surface area contributed by atoms with Gasteiger partial charge in [0.15, 0.2) is 0 Å². The zero-order valence-electron chi connectivity index (χ0n) is 10.7. The first-order valence-corrected chi connectivity index (χ1v) is 7.10. The van der Waals surface area contributed by atoms with Gasteiger partial charge < -0.3 is 10.5 Å². The van der Waals surface area contributed by atoms with Crippen molar-refractivity contribution in [2.75, 3.05) is 5.73 Å². The number of nitrogens with two attached hydrogens (primary N) is 1. The molecule has 1 aromatic heterocycles. The summed E-state index contributed by atoms with van der Waals surface area (Å²) in [4.78, 5) is 13.1. The molecule has 3 nitrogen and oxygen atoms in total. The smallest absolute Gasteiger partial charge is 0.340 e. The lowest BCUT2D eigenvalue weighted by atomic mass is 10.1. The second-order valence-corrected chi connectivity index (χ2v) is 5.47. The van der Waals surface area contributed by atoms with Gasteiger partial charge in [-0.1, -0.05) is 30.3 Å². The zero-order chi connectivity index (χ0) is 13.9. The third-order valence-corrected chi connectivity index (χ3v) is 3.91. The van der Waals surface area contributed by atoms with E-state index in [-0.39, 0.29) is 12.6 Å². The van der Waals surface area contributed by atoms with E-state index in [1.807, 2.05) is 41.8 Å². The monoisotopic (exact) mass is 283 g/mol. The van der Waals surface area contributed by atoms with Crippen LogP contribution in [0.2, 0.25) is 0 Å². The molecule has 2 aromatic carbocycles. The molecule has 0 aliphatic carbocycles. The van der Waals surface area contributed by atoms with E-state index in [0.29, 0.717) is 11.3 Å². The van der Waals surface area contributed by atoms with Crippen molar-refractivity contribution in [3.8, 4) is 0 Å². The Morgan fingerprint density at radius 2 is 1.85 bits per heavy atom. The highest BCUT2D eigenvalue weighted by Gasteiger charge is 2.12. The molecule has 4 heteroatoms. The topological polar surface area (TPSA) is 52.3 Å². The molecule has 0 amide bonds. The van der Waals surface area contributed by atoms with E-state index in [1.54, 1.807) is 23.5 Å². The Morgan fingerprint density at radius 1 is 1.10 bits per heavy atom. The average Bonchev–Trinajstić information content (AvgIpc) is 2.97. The number of hydrogen-bond acceptors (Lipinski definition) is 4. The molecule has 3 rings (SSSR count). The standard InChI is InChI=1S/C16H13NO2S/c17-15-9-12-5-2-1-4-11(12)8-14(15)16(18)19-10-13-6-3-7-20-13/h1-9H,10,17H2. The first-order valence-electron chi connectivity index (χ1n) is 6.22. The molecule has 0 radical (unpaired) electrons. The molecule has 1 heterocycles. The molecule has 2 N–H and O–H groups in total. The van der Waals surface area contributed by atoms with Crippen LogP contribution in [-0.2, 0) is 11.3 Å². The van der Waals surface area contributed by atoms with Crippen molar-refractivity contribution in [1.29, 1.82) is 0 Å². The normalized spacial score (nSPS) is 10.6. The van der Waals surface area contributed by atoms with E-state index in [1.165, 1.54) is 0 Å². The lowest BCUT2D eigenvalue weighted by Gasteiger charge is -2.08. The van der Waals surface area contributed by atoms with Crippen molar-refractivity contribution in [2.45, 2.75) is 6.61 Å². The number of carbonyl (C=O) groups excluding carboxylic acids is 1. The molecule has 0 unspecified atom stereocenters. The van der Waals surface area contributed by atoms with Crippen LogP contribution in [0.1, 0.15) is 15.2 Å². The van der Waals surface area contributed by atoms with Gasteiger partial charge in [-0.25, -0.2) is 4.79 Å². The Hall–Kier alpha value is -2.33. The van der Waals surface area contributed by atoms with Crippen molar-refractivity contribution in [3.63, 3.8) is 0 Å². The Morgan fingerprint density at radius 3 is 2.55 bits per heavy atom. The fourth-order valence-corrected chi connectivity index (χ4v) is 2.66. The third-order valence-electron chi connectivity index (χ3n) is 3.06. The highest BCUT2D eigenvalue weighted by Crippen LogP contribution is 2.23. The maximum absolute atomic E-state index is 12.1. The summed E-state index contributed by atoms with van der Waals surface area (Å²) in [6.45, 7) is 0.281.